The molecule has 0 aromatic rings. The third-order valence-corrected chi connectivity index (χ3v) is 5.90. The number of thioether (sulfide) groups is 1. The number of carboxylic acids is 1. The van der Waals surface area contributed by atoms with Gasteiger partial charge in [-0.05, 0) is 19.1 Å². The second-order valence-electron chi connectivity index (χ2n) is 5.61. The Balaban J connectivity index is 2.78. The number of hydrogen-bond acceptors (Lipinski definition) is 5. The van der Waals surface area contributed by atoms with Gasteiger partial charge in [0.1, 0.15) is 6.54 Å². The molecule has 22 heavy (non-hydrogen) atoms. The molecule has 1 fully saturated rings. The molecular formula is C13H24N2O5S2. The van der Waals surface area contributed by atoms with E-state index in [2.05, 4.69) is 0 Å². The van der Waals surface area contributed by atoms with Gasteiger partial charge < -0.3 is 10.0 Å². The quantitative estimate of drug-likeness (QED) is 0.709. The highest BCUT2D eigenvalue weighted by Gasteiger charge is 2.33. The Morgan fingerprint density at radius 1 is 1.36 bits per heavy atom. The molecule has 1 atom stereocenters. The molecule has 1 aliphatic heterocycles. The molecule has 0 bridgehead atoms. The Hall–Kier alpha value is -0.800. The standard InChI is InChI=1S/C13H24N2O5S2/c1-10(9-21-2)13(18)15(8-12(16)17)11-4-6-14(7-5-11)22(3,19)20/h10-11H,4-9H2,1-3H3,(H,16,17)/t10-/m0/s1. The summed E-state index contributed by atoms with van der Waals surface area (Å²) in [4.78, 5) is 24.9. The van der Waals surface area contributed by atoms with Crippen molar-refractivity contribution in [1.29, 1.82) is 0 Å². The van der Waals surface area contributed by atoms with Crippen LogP contribution in [0, 0.1) is 5.92 Å². The van der Waals surface area contributed by atoms with Gasteiger partial charge in [0.15, 0.2) is 0 Å². The molecule has 0 unspecified atom stereocenters. The van der Waals surface area contributed by atoms with Crippen molar-refractivity contribution in [1.82, 2.24) is 9.21 Å². The highest BCUT2D eigenvalue weighted by molar-refractivity contribution is 7.98. The van der Waals surface area contributed by atoms with E-state index in [1.54, 1.807) is 18.7 Å². The Labute approximate surface area is 136 Å². The number of rotatable bonds is 7. The summed E-state index contributed by atoms with van der Waals surface area (Å²) in [6, 6.07) is -0.217. The minimum Gasteiger partial charge on any atom is -0.480 e. The molecule has 9 heteroatoms. The van der Waals surface area contributed by atoms with Crippen molar-refractivity contribution in [2.24, 2.45) is 5.92 Å². The van der Waals surface area contributed by atoms with Gasteiger partial charge in [0.25, 0.3) is 0 Å². The van der Waals surface area contributed by atoms with Crippen LogP contribution in [0.4, 0.5) is 0 Å². The molecule has 1 aliphatic rings. The van der Waals surface area contributed by atoms with E-state index in [1.165, 1.54) is 9.21 Å². The van der Waals surface area contributed by atoms with Crippen LogP contribution in [-0.2, 0) is 19.6 Å². The predicted octanol–water partition coefficient (Wildman–Crippen LogP) is 0.323. The lowest BCUT2D eigenvalue weighted by Crippen LogP contribution is -2.51. The van der Waals surface area contributed by atoms with Crippen LogP contribution in [0.5, 0.6) is 0 Å². The Kier molecular flexibility index (Phi) is 7.14. The van der Waals surface area contributed by atoms with Crippen molar-refractivity contribution in [3.8, 4) is 0 Å². The molecule has 0 saturated carbocycles. The highest BCUT2D eigenvalue weighted by atomic mass is 32.2. The van der Waals surface area contributed by atoms with E-state index in [-0.39, 0.29) is 24.4 Å². The fraction of sp³-hybridized carbons (Fsp3) is 0.846. The molecule has 1 saturated heterocycles. The summed E-state index contributed by atoms with van der Waals surface area (Å²) in [5.41, 5.74) is 0. The third kappa shape index (κ3) is 5.44. The number of nitrogens with zero attached hydrogens (tertiary/aromatic N) is 2. The van der Waals surface area contributed by atoms with Crippen LogP contribution in [-0.4, -0.2) is 78.5 Å². The van der Waals surface area contributed by atoms with Crippen LogP contribution in [0.25, 0.3) is 0 Å². The smallest absolute Gasteiger partial charge is 0.323 e. The molecule has 128 valence electrons. The van der Waals surface area contributed by atoms with Crippen LogP contribution in [0.3, 0.4) is 0 Å². The zero-order chi connectivity index (χ0) is 16.9. The van der Waals surface area contributed by atoms with E-state index in [1.807, 2.05) is 6.26 Å². The first-order chi connectivity index (χ1) is 10.2. The van der Waals surface area contributed by atoms with Gasteiger partial charge in [0.2, 0.25) is 15.9 Å². The maximum atomic E-state index is 12.5. The zero-order valence-corrected chi connectivity index (χ0v) is 14.8. The van der Waals surface area contributed by atoms with E-state index < -0.39 is 16.0 Å². The number of carboxylic acid groups (broad SMARTS) is 1. The number of piperidine rings is 1. The number of aliphatic carboxylic acids is 1. The predicted molar refractivity (Wildman–Crippen MR) is 86.3 cm³/mol. The monoisotopic (exact) mass is 352 g/mol. The highest BCUT2D eigenvalue weighted by Crippen LogP contribution is 2.21. The summed E-state index contributed by atoms with van der Waals surface area (Å²) >= 11 is 1.54. The van der Waals surface area contributed by atoms with Crippen molar-refractivity contribution in [2.75, 3.05) is 37.9 Å². The fourth-order valence-electron chi connectivity index (χ4n) is 2.62. The second kappa shape index (κ2) is 8.16. The van der Waals surface area contributed by atoms with E-state index >= 15 is 0 Å². The molecule has 7 nitrogen and oxygen atoms in total. The first kappa shape index (κ1) is 19.2. The van der Waals surface area contributed by atoms with Gasteiger partial charge in [-0.3, -0.25) is 9.59 Å². The zero-order valence-electron chi connectivity index (χ0n) is 13.2. The lowest BCUT2D eigenvalue weighted by atomic mass is 10.0. The molecule has 0 spiro atoms. The van der Waals surface area contributed by atoms with Gasteiger partial charge >= 0.3 is 5.97 Å². The summed E-state index contributed by atoms with van der Waals surface area (Å²) in [7, 11) is -3.23. The molecule has 0 radical (unpaired) electrons. The van der Waals surface area contributed by atoms with Crippen LogP contribution < -0.4 is 0 Å². The van der Waals surface area contributed by atoms with Crippen LogP contribution >= 0.6 is 11.8 Å². The minimum atomic E-state index is -3.23. The molecule has 0 aromatic carbocycles. The average Bonchev–Trinajstić information content (AvgIpc) is 2.43. The summed E-state index contributed by atoms with van der Waals surface area (Å²) < 4.78 is 24.4. The minimum absolute atomic E-state index is 0.172. The van der Waals surface area contributed by atoms with E-state index in [4.69, 9.17) is 5.11 Å². The Morgan fingerprint density at radius 2 is 1.91 bits per heavy atom. The number of carbonyl (C=O) groups is 2. The molecular weight excluding hydrogens is 328 g/mol. The average molecular weight is 352 g/mol. The van der Waals surface area contributed by atoms with Crippen molar-refractivity contribution in [3.63, 3.8) is 0 Å². The normalized spacial score (nSPS) is 18.9. The summed E-state index contributed by atoms with van der Waals surface area (Å²) in [6.45, 7) is 2.11. The summed E-state index contributed by atoms with van der Waals surface area (Å²) in [5.74, 6) is -0.830. The number of hydrogen-bond donors (Lipinski definition) is 1. The van der Waals surface area contributed by atoms with Crippen molar-refractivity contribution >= 4 is 33.7 Å². The number of sulfonamides is 1. The van der Waals surface area contributed by atoms with Crippen molar-refractivity contribution in [2.45, 2.75) is 25.8 Å². The van der Waals surface area contributed by atoms with Gasteiger partial charge in [-0.25, -0.2) is 12.7 Å². The van der Waals surface area contributed by atoms with Gasteiger partial charge in [0, 0.05) is 30.8 Å². The van der Waals surface area contributed by atoms with Gasteiger partial charge in [0.05, 0.1) is 6.26 Å². The third-order valence-electron chi connectivity index (χ3n) is 3.76. The first-order valence-corrected chi connectivity index (χ1v) is 10.4. The number of amides is 1. The van der Waals surface area contributed by atoms with Crippen molar-refractivity contribution in [3.05, 3.63) is 0 Å². The fourth-order valence-corrected chi connectivity index (χ4v) is 4.14. The van der Waals surface area contributed by atoms with Crippen LogP contribution in [0.1, 0.15) is 19.8 Å². The number of carbonyl (C=O) groups excluding carboxylic acids is 1. The molecule has 0 aliphatic carbocycles. The molecule has 1 N–H and O–H groups in total. The molecule has 1 rings (SSSR count). The topological polar surface area (TPSA) is 95.0 Å². The molecule has 0 aromatic heterocycles. The van der Waals surface area contributed by atoms with Gasteiger partial charge in [-0.2, -0.15) is 11.8 Å². The van der Waals surface area contributed by atoms with Gasteiger partial charge in [-0.1, -0.05) is 6.92 Å². The lowest BCUT2D eigenvalue weighted by Gasteiger charge is -2.38. The van der Waals surface area contributed by atoms with E-state index in [0.717, 1.165) is 6.26 Å². The van der Waals surface area contributed by atoms with Gasteiger partial charge in [-0.15, -0.1) is 0 Å². The first-order valence-electron chi connectivity index (χ1n) is 7.13. The molecule has 1 amide bonds. The van der Waals surface area contributed by atoms with E-state index in [9.17, 15) is 18.0 Å². The van der Waals surface area contributed by atoms with Crippen LogP contribution in [0.2, 0.25) is 0 Å². The maximum absolute atomic E-state index is 12.5. The van der Waals surface area contributed by atoms with Crippen molar-refractivity contribution < 1.29 is 23.1 Å². The Morgan fingerprint density at radius 3 is 2.32 bits per heavy atom. The summed E-state index contributed by atoms with van der Waals surface area (Å²) in [6.07, 6.45) is 4.00. The SMILES string of the molecule is CSC[C@H](C)C(=O)N(CC(=O)O)C1CCN(S(C)(=O)=O)CC1. The van der Waals surface area contributed by atoms with Crippen LogP contribution in [0.15, 0.2) is 0 Å². The maximum Gasteiger partial charge on any atom is 0.323 e. The lowest BCUT2D eigenvalue weighted by molar-refractivity contribution is -0.148. The molecule has 1 heterocycles. The summed E-state index contributed by atoms with van der Waals surface area (Å²) in [5, 5.41) is 9.05. The Bertz CT molecular complexity index is 501. The van der Waals surface area contributed by atoms with E-state index in [0.29, 0.717) is 31.7 Å². The second-order valence-corrected chi connectivity index (χ2v) is 8.50. The largest absolute Gasteiger partial charge is 0.480 e.